The lowest BCUT2D eigenvalue weighted by atomic mass is 10.2. The van der Waals surface area contributed by atoms with Crippen molar-refractivity contribution in [3.8, 4) is 11.5 Å². The molecule has 0 heterocycles. The molecule has 7 heteroatoms. The largest absolute Gasteiger partial charge is 0.497 e. The molecule has 1 aromatic carbocycles. The second-order valence-electron chi connectivity index (χ2n) is 4.00. The third-order valence-electron chi connectivity index (χ3n) is 2.65. The van der Waals surface area contributed by atoms with E-state index in [1.54, 1.807) is 18.2 Å². The molecule has 0 saturated heterocycles. The number of methoxy groups -OCH3 is 2. The van der Waals surface area contributed by atoms with Gasteiger partial charge in [-0.05, 0) is 12.1 Å². The van der Waals surface area contributed by atoms with Crippen LogP contribution in [0.2, 0.25) is 0 Å². The van der Waals surface area contributed by atoms with E-state index in [2.05, 4.69) is 0 Å². The van der Waals surface area contributed by atoms with Crippen molar-refractivity contribution in [2.75, 3.05) is 32.2 Å². The monoisotopic (exact) mass is 283 g/mol. The minimum atomic E-state index is -1.06. The molecule has 0 aliphatic heterocycles. The highest BCUT2D eigenvalue weighted by Gasteiger charge is 2.17. The molecule has 0 unspecified atom stereocenters. The van der Waals surface area contributed by atoms with Gasteiger partial charge in [-0.3, -0.25) is 9.59 Å². The molecule has 0 saturated carbocycles. The molecule has 0 spiro atoms. The molecule has 0 radical (unpaired) electrons. The number of nitrogens with zero attached hydrogens (tertiary/aromatic N) is 1. The highest BCUT2D eigenvalue weighted by molar-refractivity contribution is 5.76. The van der Waals surface area contributed by atoms with Crippen LogP contribution in [0.4, 0.5) is 5.69 Å². The number of carboxylic acids is 2. The lowest BCUT2D eigenvalue weighted by Gasteiger charge is -2.24. The second-order valence-corrected chi connectivity index (χ2v) is 4.00. The van der Waals surface area contributed by atoms with Crippen LogP contribution in [0.15, 0.2) is 18.2 Å². The summed E-state index contributed by atoms with van der Waals surface area (Å²) in [6.45, 7) is -0.262. The van der Waals surface area contributed by atoms with Crippen LogP contribution in [0.3, 0.4) is 0 Å². The van der Waals surface area contributed by atoms with E-state index in [1.807, 2.05) is 0 Å². The van der Waals surface area contributed by atoms with Gasteiger partial charge in [-0.15, -0.1) is 0 Å². The highest BCUT2D eigenvalue weighted by atomic mass is 16.5. The van der Waals surface area contributed by atoms with Crippen LogP contribution in [0.5, 0.6) is 11.5 Å². The van der Waals surface area contributed by atoms with Crippen LogP contribution < -0.4 is 14.4 Å². The SMILES string of the molecule is COc1ccc(OC)c(N(CCC(=O)O)CC(=O)O)c1. The number of benzene rings is 1. The standard InChI is InChI=1S/C13H17NO6/c1-19-9-3-4-11(20-2)10(7-9)14(8-13(17)18)6-5-12(15)16/h3-4,7H,5-6,8H2,1-2H3,(H,15,16)(H,17,18). The minimum Gasteiger partial charge on any atom is -0.497 e. The Morgan fingerprint density at radius 3 is 2.35 bits per heavy atom. The summed E-state index contributed by atoms with van der Waals surface area (Å²) in [5.74, 6) is -1.06. The summed E-state index contributed by atoms with van der Waals surface area (Å²) in [5, 5.41) is 17.7. The number of aliphatic carboxylic acids is 2. The smallest absolute Gasteiger partial charge is 0.323 e. The Balaban J connectivity index is 3.09. The van der Waals surface area contributed by atoms with E-state index in [-0.39, 0.29) is 19.5 Å². The summed E-state index contributed by atoms with van der Waals surface area (Å²) in [6.07, 6.45) is -0.173. The topological polar surface area (TPSA) is 96.3 Å². The molecule has 1 rings (SSSR count). The van der Waals surface area contributed by atoms with Crippen molar-refractivity contribution in [1.29, 1.82) is 0 Å². The van der Waals surface area contributed by atoms with Crippen molar-refractivity contribution in [1.82, 2.24) is 0 Å². The van der Waals surface area contributed by atoms with Gasteiger partial charge in [0.1, 0.15) is 18.0 Å². The molecule has 0 atom stereocenters. The minimum absolute atomic E-state index is 0.0607. The molecule has 20 heavy (non-hydrogen) atoms. The molecule has 0 aliphatic rings. The average Bonchev–Trinajstić information content (AvgIpc) is 2.42. The first kappa shape index (κ1) is 15.6. The van der Waals surface area contributed by atoms with Crippen LogP contribution in [0, 0.1) is 0 Å². The van der Waals surface area contributed by atoms with Crippen LogP contribution in [0.1, 0.15) is 6.42 Å². The van der Waals surface area contributed by atoms with E-state index < -0.39 is 11.9 Å². The Morgan fingerprint density at radius 1 is 1.15 bits per heavy atom. The first-order valence-corrected chi connectivity index (χ1v) is 5.88. The molecule has 0 aliphatic carbocycles. The molecule has 0 aromatic heterocycles. The van der Waals surface area contributed by atoms with Gasteiger partial charge in [-0.1, -0.05) is 0 Å². The first-order valence-electron chi connectivity index (χ1n) is 5.88. The molecule has 0 amide bonds. The number of rotatable bonds is 8. The molecular weight excluding hydrogens is 266 g/mol. The molecule has 0 bridgehead atoms. The number of carbonyl (C=O) groups is 2. The van der Waals surface area contributed by atoms with E-state index in [9.17, 15) is 9.59 Å². The molecule has 2 N–H and O–H groups in total. The zero-order chi connectivity index (χ0) is 15.1. The molecule has 7 nitrogen and oxygen atoms in total. The quantitative estimate of drug-likeness (QED) is 0.736. The van der Waals surface area contributed by atoms with Gasteiger partial charge in [0.05, 0.1) is 26.3 Å². The van der Waals surface area contributed by atoms with Crippen molar-refractivity contribution in [3.05, 3.63) is 18.2 Å². The highest BCUT2D eigenvalue weighted by Crippen LogP contribution is 2.32. The van der Waals surface area contributed by atoms with Crippen molar-refractivity contribution in [2.45, 2.75) is 6.42 Å². The molecule has 1 aromatic rings. The lowest BCUT2D eigenvalue weighted by Crippen LogP contribution is -2.32. The summed E-state index contributed by atoms with van der Waals surface area (Å²) in [7, 11) is 2.95. The van der Waals surface area contributed by atoms with Gasteiger partial charge in [0.2, 0.25) is 0 Å². The Bertz CT molecular complexity index is 488. The summed E-state index contributed by atoms with van der Waals surface area (Å²) < 4.78 is 10.3. The van der Waals surface area contributed by atoms with Crippen molar-refractivity contribution >= 4 is 17.6 Å². The number of carboxylic acid groups (broad SMARTS) is 2. The lowest BCUT2D eigenvalue weighted by molar-refractivity contribution is -0.138. The van der Waals surface area contributed by atoms with Crippen LogP contribution in [-0.2, 0) is 9.59 Å². The van der Waals surface area contributed by atoms with Gasteiger partial charge in [0, 0.05) is 12.6 Å². The van der Waals surface area contributed by atoms with Crippen LogP contribution in [-0.4, -0.2) is 49.5 Å². The molecule has 0 fully saturated rings. The normalized spacial score (nSPS) is 9.90. The van der Waals surface area contributed by atoms with E-state index in [4.69, 9.17) is 19.7 Å². The van der Waals surface area contributed by atoms with E-state index in [0.29, 0.717) is 17.2 Å². The van der Waals surface area contributed by atoms with Crippen LogP contribution in [0.25, 0.3) is 0 Å². The predicted octanol–water partition coefficient (Wildman–Crippen LogP) is 1.07. The Hall–Kier alpha value is -2.44. The zero-order valence-corrected chi connectivity index (χ0v) is 11.3. The predicted molar refractivity (Wildman–Crippen MR) is 71.6 cm³/mol. The van der Waals surface area contributed by atoms with E-state index in [0.717, 1.165) is 0 Å². The summed E-state index contributed by atoms with van der Waals surface area (Å²) in [4.78, 5) is 23.0. The summed E-state index contributed by atoms with van der Waals surface area (Å²) >= 11 is 0. The van der Waals surface area contributed by atoms with Gasteiger partial charge >= 0.3 is 11.9 Å². The average molecular weight is 283 g/mol. The van der Waals surface area contributed by atoms with E-state index >= 15 is 0 Å². The third-order valence-corrected chi connectivity index (χ3v) is 2.65. The Morgan fingerprint density at radius 2 is 1.85 bits per heavy atom. The zero-order valence-electron chi connectivity index (χ0n) is 11.3. The number of hydrogen-bond acceptors (Lipinski definition) is 5. The van der Waals surface area contributed by atoms with Crippen LogP contribution >= 0.6 is 0 Å². The number of hydrogen-bond donors (Lipinski definition) is 2. The van der Waals surface area contributed by atoms with Gasteiger partial charge in [0.15, 0.2) is 0 Å². The fourth-order valence-electron chi connectivity index (χ4n) is 1.72. The molecular formula is C13H17NO6. The number of anilines is 1. The summed E-state index contributed by atoms with van der Waals surface area (Å²) in [5.41, 5.74) is 0.482. The maximum Gasteiger partial charge on any atom is 0.323 e. The van der Waals surface area contributed by atoms with Crippen molar-refractivity contribution in [2.24, 2.45) is 0 Å². The van der Waals surface area contributed by atoms with Gasteiger partial charge in [0.25, 0.3) is 0 Å². The van der Waals surface area contributed by atoms with Crippen molar-refractivity contribution in [3.63, 3.8) is 0 Å². The maximum atomic E-state index is 10.9. The maximum absolute atomic E-state index is 10.9. The van der Waals surface area contributed by atoms with Gasteiger partial charge in [-0.2, -0.15) is 0 Å². The Kier molecular flexibility index (Phi) is 5.64. The first-order chi connectivity index (χ1) is 9.47. The van der Waals surface area contributed by atoms with Gasteiger partial charge < -0.3 is 24.6 Å². The fraction of sp³-hybridized carbons (Fsp3) is 0.385. The summed E-state index contributed by atoms with van der Waals surface area (Å²) in [6, 6.07) is 4.94. The fourth-order valence-corrected chi connectivity index (χ4v) is 1.72. The van der Waals surface area contributed by atoms with Gasteiger partial charge in [-0.25, -0.2) is 0 Å². The third kappa shape index (κ3) is 4.34. The van der Waals surface area contributed by atoms with E-state index in [1.165, 1.54) is 19.1 Å². The second kappa shape index (κ2) is 7.22. The number of ether oxygens (including phenoxy) is 2. The Labute approximate surface area is 116 Å². The van der Waals surface area contributed by atoms with Crippen molar-refractivity contribution < 1.29 is 29.3 Å². The molecule has 110 valence electrons.